The predicted octanol–water partition coefficient (Wildman–Crippen LogP) is 3.56. The zero-order chi connectivity index (χ0) is 55.2. The molecule has 16 N–H and O–H groups in total. The number of carbonyl (C=O) groups excluding carboxylic acids is 4. The molecule has 74 heavy (non-hydrogen) atoms. The number of nitrogens with one attached hydrogen (secondary N) is 4. The van der Waals surface area contributed by atoms with Gasteiger partial charge in [-0.15, -0.1) is 0 Å². The molecule has 0 unspecified atom stereocenters. The second kappa shape index (κ2) is 45.0. The number of alkyl carbamates (subject to hydrolysis) is 1. The number of aromatic hydroxyl groups is 3. The van der Waals surface area contributed by atoms with E-state index in [-0.39, 0.29) is 51.7 Å². The van der Waals surface area contributed by atoms with Crippen LogP contribution in [0.5, 0.6) is 17.2 Å². The first-order valence-electron chi connectivity index (χ1n) is 24.3. The molecule has 22 nitrogen and oxygen atoms in total. The summed E-state index contributed by atoms with van der Waals surface area (Å²) in [6.45, 7) is 13.1. The van der Waals surface area contributed by atoms with Crippen LogP contribution in [0.15, 0.2) is 72.8 Å². The number of carboxylic acids is 1. The Kier molecular flexibility index (Phi) is 41.7. The third-order valence-corrected chi connectivity index (χ3v) is 11.9. The van der Waals surface area contributed by atoms with Crippen LogP contribution in [0.1, 0.15) is 83.9 Å². The number of nitrogens with two attached hydrogens (primary N) is 4. The fourth-order valence-electron chi connectivity index (χ4n) is 5.50. The number of carboxylic acid groups (broad SMARTS) is 1. The third-order valence-electron chi connectivity index (χ3n) is 8.93. The van der Waals surface area contributed by atoms with Crippen molar-refractivity contribution in [3.8, 4) is 17.2 Å². The lowest BCUT2D eigenvalue weighted by atomic mass is 10.1. The number of hydrogen-bond donors (Lipinski definition) is 12. The van der Waals surface area contributed by atoms with E-state index in [4.69, 9.17) is 56.8 Å². The van der Waals surface area contributed by atoms with E-state index < -0.39 is 17.7 Å². The molecule has 0 aromatic heterocycles. The molecule has 1 aliphatic rings. The van der Waals surface area contributed by atoms with Gasteiger partial charge in [-0.2, -0.15) is 0 Å². The van der Waals surface area contributed by atoms with Crippen LogP contribution >= 0.6 is 21.6 Å². The molecule has 1 heterocycles. The molecular weight excluding hydrogens is 1000 g/mol. The van der Waals surface area contributed by atoms with Gasteiger partial charge in [-0.3, -0.25) is 14.4 Å². The lowest BCUT2D eigenvalue weighted by Crippen LogP contribution is -2.34. The van der Waals surface area contributed by atoms with Gasteiger partial charge in [0.2, 0.25) is 5.91 Å². The molecule has 24 heteroatoms. The number of benzene rings is 3. The molecule has 0 saturated carbocycles. The molecule has 1 fully saturated rings. The van der Waals surface area contributed by atoms with Crippen LogP contribution < -0.4 is 44.2 Å². The maximum atomic E-state index is 11.9. The van der Waals surface area contributed by atoms with Gasteiger partial charge in [-0.25, -0.2) is 9.59 Å². The van der Waals surface area contributed by atoms with Gasteiger partial charge in [0.15, 0.2) is 0 Å². The van der Waals surface area contributed by atoms with Gasteiger partial charge in [-0.05, 0) is 76.4 Å². The van der Waals surface area contributed by atoms with Crippen molar-refractivity contribution in [2.24, 2.45) is 22.9 Å². The van der Waals surface area contributed by atoms with E-state index in [1.54, 1.807) is 48.5 Å². The molecule has 0 spiro atoms. The molecule has 0 radical (unpaired) electrons. The number of phenolic OH excluding ortho intramolecular Hbond substituents is 2. The van der Waals surface area contributed by atoms with Crippen molar-refractivity contribution in [2.45, 2.75) is 63.7 Å². The first kappa shape index (κ1) is 68.6. The van der Waals surface area contributed by atoms with Crippen LogP contribution in [0, 0.1) is 0 Å². The smallest absolute Gasteiger partial charge is 0.407 e. The quantitative estimate of drug-likeness (QED) is 0.0365. The van der Waals surface area contributed by atoms with Crippen molar-refractivity contribution in [3.63, 3.8) is 0 Å². The number of carbonyl (C=O) groups is 5. The highest BCUT2D eigenvalue weighted by Gasteiger charge is 2.17. The van der Waals surface area contributed by atoms with Crippen molar-refractivity contribution in [1.29, 1.82) is 0 Å². The Balaban J connectivity index is 0.000000974. The number of amides is 4. The van der Waals surface area contributed by atoms with E-state index >= 15 is 0 Å². The fourth-order valence-corrected chi connectivity index (χ4v) is 8.53. The van der Waals surface area contributed by atoms with Crippen LogP contribution in [0.3, 0.4) is 0 Å². The largest absolute Gasteiger partial charge is 0.507 e. The van der Waals surface area contributed by atoms with Gasteiger partial charge < -0.3 is 88.3 Å². The summed E-state index contributed by atoms with van der Waals surface area (Å²) in [4.78, 5) is 56.5. The topological polar surface area (TPSA) is 365 Å². The molecule has 0 aliphatic carbocycles. The number of ether oxygens (including phenoxy) is 5. The Morgan fingerprint density at radius 2 is 0.959 bits per heavy atom. The number of aromatic carboxylic acids is 1. The number of hydrogen-bond acceptors (Lipinski definition) is 19. The first-order chi connectivity index (χ1) is 35.5. The minimum atomic E-state index is -1.11. The normalized spacial score (nSPS) is 12.3. The number of phenols is 3. The highest BCUT2D eigenvalue weighted by Crippen LogP contribution is 2.39. The number of rotatable bonds is 28. The van der Waals surface area contributed by atoms with Gasteiger partial charge >= 0.3 is 12.1 Å². The van der Waals surface area contributed by atoms with E-state index in [9.17, 15) is 34.2 Å². The second-order valence-corrected chi connectivity index (χ2v) is 19.1. The lowest BCUT2D eigenvalue weighted by molar-refractivity contribution is -0.121. The third kappa shape index (κ3) is 38.2. The molecule has 1 saturated heterocycles. The minimum absolute atomic E-state index is 0.0251. The molecular formula is C50H82N8O14S2. The van der Waals surface area contributed by atoms with Crippen LogP contribution in [0.2, 0.25) is 0 Å². The average molecular weight is 1080 g/mol. The molecule has 4 amide bonds. The van der Waals surface area contributed by atoms with E-state index in [1.807, 2.05) is 42.4 Å². The van der Waals surface area contributed by atoms with Gasteiger partial charge in [0.05, 0.1) is 64.0 Å². The van der Waals surface area contributed by atoms with Crippen molar-refractivity contribution < 1.29 is 68.1 Å². The van der Waals surface area contributed by atoms with Crippen LogP contribution in [-0.2, 0) is 28.5 Å². The highest BCUT2D eigenvalue weighted by molar-refractivity contribution is 8.77. The van der Waals surface area contributed by atoms with E-state index in [1.165, 1.54) is 42.9 Å². The van der Waals surface area contributed by atoms with E-state index in [0.29, 0.717) is 112 Å². The molecule has 3 aromatic carbocycles. The summed E-state index contributed by atoms with van der Waals surface area (Å²) in [5.41, 5.74) is 20.6. The zero-order valence-electron chi connectivity index (χ0n) is 43.1. The van der Waals surface area contributed by atoms with E-state index in [2.05, 4.69) is 21.3 Å². The average Bonchev–Trinajstić information content (AvgIpc) is 3.89. The van der Waals surface area contributed by atoms with Crippen molar-refractivity contribution in [3.05, 3.63) is 89.5 Å². The maximum absolute atomic E-state index is 11.9. The highest BCUT2D eigenvalue weighted by atomic mass is 33.1. The van der Waals surface area contributed by atoms with E-state index in [0.717, 1.165) is 18.1 Å². The molecule has 1 atom stereocenters. The fraction of sp³-hybridized carbons (Fsp3) is 0.540. The van der Waals surface area contributed by atoms with Crippen molar-refractivity contribution >= 4 is 51.4 Å². The standard InChI is InChI=1S/C19H28N2O4S2.C11H16N2O3.C9H20N2O3.C7H6O3.C4H12N2O/c22-17-7-3-2-6-16(17)19(24)21-11-13-25-12-10-20-18(23)8-4-1-5-15-9-14-26-27-15;12-5-7-16-8-6-13-11(15)9-3-1-2-4-10(9)14;1-9(2,3)14-8(12)11-5-7-13-6-4-10;8-6-4-2-1-3-5(6)7(9)10;5-1-3-7-4-2-6/h2-3,6-7,15,22H,1,4-5,8-14H2,(H,20,23)(H,21,24);1-4,14H,5-8,12H2,(H,13,15);4-7,10H2,1-3H3,(H,11,12);1-4,8H,(H,9,10);1-6H2/t15-;;;;/m0..../s1. The number of para-hydroxylation sites is 3. The molecule has 0 bridgehead atoms. The minimum Gasteiger partial charge on any atom is -0.507 e. The Morgan fingerprint density at radius 1 is 0.568 bits per heavy atom. The Bertz CT molecular complexity index is 1960. The zero-order valence-corrected chi connectivity index (χ0v) is 44.7. The molecule has 3 aromatic rings. The summed E-state index contributed by atoms with van der Waals surface area (Å²) in [5, 5.41) is 47.8. The SMILES string of the molecule is CC(C)(C)OC(=O)NCCOCCN.NCCOCCN.NCCOCCNC(=O)c1ccccc1O.O=C(CCCC[C@H]1CCSS1)NCCOCCNC(=O)c1ccccc1O.O=C(O)c1ccccc1O. The second-order valence-electron chi connectivity index (χ2n) is 16.3. The summed E-state index contributed by atoms with van der Waals surface area (Å²) in [6.07, 6.45) is 4.70. The molecule has 1 aliphatic heterocycles. The van der Waals surface area contributed by atoms with Crippen molar-refractivity contribution in [1.82, 2.24) is 21.3 Å². The maximum Gasteiger partial charge on any atom is 0.407 e. The summed E-state index contributed by atoms with van der Waals surface area (Å²) in [6, 6.07) is 18.6. The molecule has 4 rings (SSSR count). The Labute approximate surface area is 443 Å². The Hall–Kier alpha value is -5.41. The summed E-state index contributed by atoms with van der Waals surface area (Å²) >= 11 is 0. The number of unbranched alkanes of at least 4 members (excludes halogenated alkanes) is 1. The van der Waals surface area contributed by atoms with Gasteiger partial charge in [0.1, 0.15) is 28.4 Å². The van der Waals surface area contributed by atoms with Crippen LogP contribution in [0.4, 0.5) is 4.79 Å². The Morgan fingerprint density at radius 3 is 1.34 bits per heavy atom. The van der Waals surface area contributed by atoms with Gasteiger partial charge in [0, 0.05) is 69.8 Å². The van der Waals surface area contributed by atoms with Crippen LogP contribution in [-0.4, -0.2) is 172 Å². The monoisotopic (exact) mass is 1080 g/mol. The first-order valence-corrected chi connectivity index (χ1v) is 26.7. The van der Waals surface area contributed by atoms with Crippen molar-refractivity contribution in [2.75, 3.05) is 111 Å². The summed E-state index contributed by atoms with van der Waals surface area (Å²) in [7, 11) is 3.94. The van der Waals surface area contributed by atoms with Gasteiger partial charge in [-0.1, -0.05) is 64.4 Å². The summed E-state index contributed by atoms with van der Waals surface area (Å²) < 4.78 is 25.5. The van der Waals surface area contributed by atoms with Gasteiger partial charge in [0.25, 0.3) is 11.8 Å². The lowest BCUT2D eigenvalue weighted by Gasteiger charge is -2.19. The predicted molar refractivity (Wildman–Crippen MR) is 290 cm³/mol. The summed E-state index contributed by atoms with van der Waals surface area (Å²) in [5.74, 6) is -0.696. The van der Waals surface area contributed by atoms with Crippen LogP contribution in [0.25, 0.3) is 0 Å². The molecule has 418 valence electrons.